The Hall–Kier alpha value is -2.04. The summed E-state index contributed by atoms with van der Waals surface area (Å²) in [4.78, 5) is 26.0. The number of methoxy groups -OCH3 is 1. The normalized spacial score (nSPS) is 17.9. The number of hydrogen-bond donors (Lipinski definition) is 1. The first-order chi connectivity index (χ1) is 10.2. The van der Waals surface area contributed by atoms with Gasteiger partial charge < -0.3 is 15.0 Å². The number of carbonyl (C=O) groups is 2. The smallest absolute Gasteiger partial charge is 0.229 e. The van der Waals surface area contributed by atoms with E-state index in [1.54, 1.807) is 24.1 Å². The van der Waals surface area contributed by atoms with Crippen molar-refractivity contribution in [3.05, 3.63) is 24.3 Å². The molecule has 2 amide bonds. The molecule has 1 unspecified atom stereocenters. The van der Waals surface area contributed by atoms with Gasteiger partial charge in [0.15, 0.2) is 0 Å². The lowest BCUT2D eigenvalue weighted by Gasteiger charge is -2.16. The van der Waals surface area contributed by atoms with Crippen LogP contribution in [0.5, 0.6) is 5.75 Å². The van der Waals surface area contributed by atoms with Gasteiger partial charge in [-0.2, -0.15) is 0 Å². The van der Waals surface area contributed by atoms with Crippen LogP contribution in [0.1, 0.15) is 26.2 Å². The number of amides is 2. The summed E-state index contributed by atoms with van der Waals surface area (Å²) in [7, 11) is 1.57. The monoisotopic (exact) mass is 290 g/mol. The van der Waals surface area contributed by atoms with E-state index in [-0.39, 0.29) is 17.7 Å². The summed E-state index contributed by atoms with van der Waals surface area (Å²) in [5.74, 6) is 0.299. The highest BCUT2D eigenvalue weighted by Crippen LogP contribution is 2.25. The molecule has 1 atom stereocenters. The van der Waals surface area contributed by atoms with Gasteiger partial charge in [0, 0.05) is 19.5 Å². The van der Waals surface area contributed by atoms with E-state index < -0.39 is 0 Å². The summed E-state index contributed by atoms with van der Waals surface area (Å²) in [6.07, 6.45) is 2.32. The number of ether oxygens (including phenoxy) is 1. The van der Waals surface area contributed by atoms with Gasteiger partial charge >= 0.3 is 0 Å². The number of hydrogen-bond acceptors (Lipinski definition) is 3. The van der Waals surface area contributed by atoms with Gasteiger partial charge in [0.1, 0.15) is 5.75 Å². The molecule has 1 N–H and O–H groups in total. The maximum atomic E-state index is 12.3. The average molecular weight is 290 g/mol. The molecule has 2 rings (SSSR count). The van der Waals surface area contributed by atoms with E-state index >= 15 is 0 Å². The van der Waals surface area contributed by atoms with Crippen molar-refractivity contribution >= 4 is 17.5 Å². The lowest BCUT2D eigenvalue weighted by atomic mass is 10.1. The fourth-order valence-electron chi connectivity index (χ4n) is 2.50. The minimum Gasteiger partial charge on any atom is -0.495 e. The quantitative estimate of drug-likeness (QED) is 0.874. The molecule has 0 bridgehead atoms. The van der Waals surface area contributed by atoms with Crippen LogP contribution >= 0.6 is 0 Å². The van der Waals surface area contributed by atoms with Crippen molar-refractivity contribution in [2.24, 2.45) is 5.92 Å². The second-order valence-corrected chi connectivity index (χ2v) is 5.28. The zero-order valence-corrected chi connectivity index (χ0v) is 12.6. The number of para-hydroxylation sites is 2. The third-order valence-electron chi connectivity index (χ3n) is 3.73. The molecule has 5 heteroatoms. The van der Waals surface area contributed by atoms with Crippen LogP contribution in [0.2, 0.25) is 0 Å². The molecule has 0 radical (unpaired) electrons. The summed E-state index contributed by atoms with van der Waals surface area (Å²) >= 11 is 0. The number of anilines is 1. The highest BCUT2D eigenvalue weighted by molar-refractivity contribution is 5.98. The molecular formula is C16H22N2O3. The van der Waals surface area contributed by atoms with Crippen molar-refractivity contribution in [3.8, 4) is 5.75 Å². The Kier molecular flexibility index (Phi) is 5.20. The van der Waals surface area contributed by atoms with Crippen molar-refractivity contribution in [2.75, 3.05) is 25.5 Å². The van der Waals surface area contributed by atoms with Gasteiger partial charge in [-0.1, -0.05) is 25.5 Å². The number of carbonyl (C=O) groups excluding carboxylic acids is 2. The van der Waals surface area contributed by atoms with E-state index in [9.17, 15) is 9.59 Å². The molecule has 114 valence electrons. The van der Waals surface area contributed by atoms with Gasteiger partial charge in [-0.3, -0.25) is 9.59 Å². The van der Waals surface area contributed by atoms with Crippen LogP contribution in [-0.4, -0.2) is 36.9 Å². The van der Waals surface area contributed by atoms with Crippen LogP contribution in [-0.2, 0) is 9.59 Å². The zero-order chi connectivity index (χ0) is 15.2. The molecule has 0 aliphatic carbocycles. The summed E-state index contributed by atoms with van der Waals surface area (Å²) < 4.78 is 5.21. The van der Waals surface area contributed by atoms with Gasteiger partial charge in [0.2, 0.25) is 11.8 Å². The van der Waals surface area contributed by atoms with Gasteiger partial charge in [0.05, 0.1) is 18.7 Å². The molecule has 5 nitrogen and oxygen atoms in total. The van der Waals surface area contributed by atoms with Gasteiger partial charge in [-0.15, -0.1) is 0 Å². The van der Waals surface area contributed by atoms with E-state index in [0.29, 0.717) is 24.4 Å². The molecule has 1 aromatic rings. The molecule has 0 spiro atoms. The van der Waals surface area contributed by atoms with E-state index in [0.717, 1.165) is 19.4 Å². The van der Waals surface area contributed by atoms with E-state index in [1.165, 1.54) is 0 Å². The predicted octanol–water partition coefficient (Wildman–Crippen LogP) is 2.28. The minimum absolute atomic E-state index is 0.0728. The Morgan fingerprint density at radius 2 is 2.19 bits per heavy atom. The molecule has 0 aromatic heterocycles. The summed E-state index contributed by atoms with van der Waals surface area (Å²) in [6.45, 7) is 3.35. The number of unbranched alkanes of at least 4 members (excludes halogenated alkanes) is 1. The number of nitrogens with zero attached hydrogens (tertiary/aromatic N) is 1. The minimum atomic E-state index is -0.278. The van der Waals surface area contributed by atoms with Crippen molar-refractivity contribution in [1.29, 1.82) is 0 Å². The zero-order valence-electron chi connectivity index (χ0n) is 12.6. The molecule has 1 fully saturated rings. The first-order valence-corrected chi connectivity index (χ1v) is 7.37. The first kappa shape index (κ1) is 15.4. The molecular weight excluding hydrogens is 268 g/mol. The Morgan fingerprint density at radius 1 is 1.43 bits per heavy atom. The van der Waals surface area contributed by atoms with Crippen LogP contribution in [0, 0.1) is 5.92 Å². The maximum Gasteiger partial charge on any atom is 0.229 e. The van der Waals surface area contributed by atoms with E-state index in [2.05, 4.69) is 12.2 Å². The van der Waals surface area contributed by atoms with Crippen LogP contribution < -0.4 is 10.1 Å². The summed E-state index contributed by atoms with van der Waals surface area (Å²) in [6, 6.07) is 7.27. The van der Waals surface area contributed by atoms with Gasteiger partial charge in [0.25, 0.3) is 0 Å². The number of benzene rings is 1. The fourth-order valence-corrected chi connectivity index (χ4v) is 2.50. The third-order valence-corrected chi connectivity index (χ3v) is 3.73. The van der Waals surface area contributed by atoms with Crippen molar-refractivity contribution < 1.29 is 14.3 Å². The number of rotatable bonds is 6. The first-order valence-electron chi connectivity index (χ1n) is 7.37. The SMILES string of the molecule is CCCCN1CC(C(=O)Nc2ccccc2OC)CC1=O. The van der Waals surface area contributed by atoms with E-state index in [1.807, 2.05) is 12.1 Å². The third kappa shape index (κ3) is 3.74. The number of nitrogens with one attached hydrogen (secondary N) is 1. The van der Waals surface area contributed by atoms with Crippen LogP contribution in [0.4, 0.5) is 5.69 Å². The lowest BCUT2D eigenvalue weighted by molar-refractivity contribution is -0.128. The molecule has 1 aliphatic rings. The molecule has 21 heavy (non-hydrogen) atoms. The second kappa shape index (κ2) is 7.11. The lowest BCUT2D eigenvalue weighted by Crippen LogP contribution is -2.29. The molecule has 1 saturated heterocycles. The predicted molar refractivity (Wildman–Crippen MR) is 81.2 cm³/mol. The van der Waals surface area contributed by atoms with Gasteiger partial charge in [-0.05, 0) is 18.6 Å². The summed E-state index contributed by atoms with van der Waals surface area (Å²) in [5, 5.41) is 2.86. The van der Waals surface area contributed by atoms with E-state index in [4.69, 9.17) is 4.74 Å². The van der Waals surface area contributed by atoms with Crippen molar-refractivity contribution in [1.82, 2.24) is 4.90 Å². The average Bonchev–Trinajstić information content (AvgIpc) is 2.87. The van der Waals surface area contributed by atoms with Crippen LogP contribution in [0.25, 0.3) is 0 Å². The highest BCUT2D eigenvalue weighted by Gasteiger charge is 2.34. The Labute approximate surface area is 125 Å². The maximum absolute atomic E-state index is 12.3. The van der Waals surface area contributed by atoms with Crippen molar-refractivity contribution in [3.63, 3.8) is 0 Å². The van der Waals surface area contributed by atoms with Crippen LogP contribution in [0.3, 0.4) is 0 Å². The Bertz CT molecular complexity index is 516. The van der Waals surface area contributed by atoms with Crippen LogP contribution in [0.15, 0.2) is 24.3 Å². The standard InChI is InChI=1S/C16H22N2O3/c1-3-4-9-18-11-12(10-15(18)19)16(20)17-13-7-5-6-8-14(13)21-2/h5-8,12H,3-4,9-11H2,1-2H3,(H,17,20). The fraction of sp³-hybridized carbons (Fsp3) is 0.500. The Balaban J connectivity index is 1.97. The summed E-state index contributed by atoms with van der Waals surface area (Å²) in [5.41, 5.74) is 0.643. The number of likely N-dealkylation sites (tertiary alicyclic amines) is 1. The topological polar surface area (TPSA) is 58.6 Å². The van der Waals surface area contributed by atoms with Gasteiger partial charge in [-0.25, -0.2) is 0 Å². The molecule has 1 heterocycles. The highest BCUT2D eigenvalue weighted by atomic mass is 16.5. The second-order valence-electron chi connectivity index (χ2n) is 5.28. The molecule has 0 saturated carbocycles. The van der Waals surface area contributed by atoms with Crippen molar-refractivity contribution in [2.45, 2.75) is 26.2 Å². The largest absolute Gasteiger partial charge is 0.495 e. The Morgan fingerprint density at radius 3 is 2.90 bits per heavy atom. The molecule has 1 aromatic carbocycles. The molecule has 1 aliphatic heterocycles.